The Labute approximate surface area is 90.5 Å². The first kappa shape index (κ1) is 10.4. The van der Waals surface area contributed by atoms with Gasteiger partial charge >= 0.3 is 0 Å². The van der Waals surface area contributed by atoms with E-state index in [1.54, 1.807) is 0 Å². The fourth-order valence-electron chi connectivity index (χ4n) is 2.03. The van der Waals surface area contributed by atoms with Crippen LogP contribution in [0.3, 0.4) is 0 Å². The van der Waals surface area contributed by atoms with Gasteiger partial charge in [-0.1, -0.05) is 0 Å². The lowest BCUT2D eigenvalue weighted by atomic mass is 10.1. The molecule has 2 aliphatic rings. The van der Waals surface area contributed by atoms with Crippen molar-refractivity contribution in [2.24, 2.45) is 5.41 Å². The van der Waals surface area contributed by atoms with Crippen LogP contribution >= 0.6 is 0 Å². The van der Waals surface area contributed by atoms with E-state index in [-0.39, 0.29) is 5.91 Å². The first-order valence-corrected chi connectivity index (χ1v) is 5.50. The summed E-state index contributed by atoms with van der Waals surface area (Å²) < 4.78 is 0. The van der Waals surface area contributed by atoms with Crippen molar-refractivity contribution in [1.29, 1.82) is 5.26 Å². The van der Waals surface area contributed by atoms with Crippen LogP contribution in [0.15, 0.2) is 0 Å². The van der Waals surface area contributed by atoms with Crippen LogP contribution in [0.5, 0.6) is 0 Å². The molecule has 0 N–H and O–H groups in total. The number of hydrogen-bond donors (Lipinski definition) is 0. The van der Waals surface area contributed by atoms with Crippen LogP contribution in [0.25, 0.3) is 0 Å². The summed E-state index contributed by atoms with van der Waals surface area (Å²) >= 11 is 0. The normalized spacial score (nSPS) is 29.7. The zero-order valence-electron chi connectivity index (χ0n) is 9.36. The average molecular weight is 207 g/mol. The smallest absolute Gasteiger partial charge is 0.243 e. The molecule has 0 radical (unpaired) electrons. The van der Waals surface area contributed by atoms with Gasteiger partial charge in [-0.05, 0) is 26.8 Å². The SMILES string of the molecule is C[C@H]1CN(C(=O)C2(C#N)CC2)CCN1C. The molecular weight excluding hydrogens is 190 g/mol. The van der Waals surface area contributed by atoms with Crippen LogP contribution in [0.4, 0.5) is 0 Å². The molecule has 2 fully saturated rings. The second-order valence-corrected chi connectivity index (χ2v) is 4.77. The van der Waals surface area contributed by atoms with Crippen molar-refractivity contribution in [3.05, 3.63) is 0 Å². The van der Waals surface area contributed by atoms with E-state index < -0.39 is 5.41 Å². The number of nitrogens with zero attached hydrogens (tertiary/aromatic N) is 3. The predicted molar refractivity (Wildman–Crippen MR) is 56.0 cm³/mol. The molecule has 4 heteroatoms. The Kier molecular flexibility index (Phi) is 2.43. The lowest BCUT2D eigenvalue weighted by Gasteiger charge is -2.38. The molecule has 1 aliphatic heterocycles. The number of amides is 1. The summed E-state index contributed by atoms with van der Waals surface area (Å²) in [6.07, 6.45) is 1.51. The monoisotopic (exact) mass is 207 g/mol. The topological polar surface area (TPSA) is 47.3 Å². The molecule has 1 saturated heterocycles. The first-order valence-electron chi connectivity index (χ1n) is 5.50. The Hall–Kier alpha value is -1.08. The van der Waals surface area contributed by atoms with Crippen molar-refractivity contribution >= 4 is 5.91 Å². The molecule has 0 spiro atoms. The van der Waals surface area contributed by atoms with Crippen molar-refractivity contribution in [1.82, 2.24) is 9.80 Å². The molecule has 1 saturated carbocycles. The van der Waals surface area contributed by atoms with Gasteiger partial charge in [-0.25, -0.2) is 0 Å². The summed E-state index contributed by atoms with van der Waals surface area (Å²) in [5, 5.41) is 8.97. The standard InChI is InChI=1S/C11H17N3O/c1-9-7-14(6-5-13(9)2)10(15)11(8-12)3-4-11/h9H,3-7H2,1-2H3/t9-/m0/s1. The van der Waals surface area contributed by atoms with Crippen LogP contribution < -0.4 is 0 Å². The third-order valence-corrected chi connectivity index (χ3v) is 3.62. The van der Waals surface area contributed by atoms with Gasteiger partial charge in [-0.2, -0.15) is 5.26 Å². The van der Waals surface area contributed by atoms with Crippen LogP contribution in [0.1, 0.15) is 19.8 Å². The predicted octanol–water partition coefficient (Wildman–Crippen LogP) is 0.453. The summed E-state index contributed by atoms with van der Waals surface area (Å²) in [6, 6.07) is 2.57. The number of piperazine rings is 1. The van der Waals surface area contributed by atoms with E-state index in [2.05, 4.69) is 24.9 Å². The summed E-state index contributed by atoms with van der Waals surface area (Å²) in [5.74, 6) is 0.0601. The Balaban J connectivity index is 2.01. The van der Waals surface area contributed by atoms with Gasteiger partial charge in [0.1, 0.15) is 5.41 Å². The molecule has 1 heterocycles. The van der Waals surface area contributed by atoms with E-state index in [9.17, 15) is 4.79 Å². The molecule has 1 atom stereocenters. The van der Waals surface area contributed by atoms with Crippen molar-refractivity contribution in [2.75, 3.05) is 26.7 Å². The highest BCUT2D eigenvalue weighted by Gasteiger charge is 2.52. The number of nitriles is 1. The molecule has 4 nitrogen and oxygen atoms in total. The fourth-order valence-corrected chi connectivity index (χ4v) is 2.03. The second kappa shape index (κ2) is 3.49. The molecule has 0 aromatic rings. The minimum atomic E-state index is -0.643. The number of hydrogen-bond acceptors (Lipinski definition) is 3. The van der Waals surface area contributed by atoms with Gasteiger partial charge in [0.2, 0.25) is 5.91 Å². The van der Waals surface area contributed by atoms with E-state index >= 15 is 0 Å². The maximum absolute atomic E-state index is 12.1. The zero-order chi connectivity index (χ0) is 11.1. The highest BCUT2D eigenvalue weighted by atomic mass is 16.2. The Morgan fingerprint density at radius 2 is 2.13 bits per heavy atom. The second-order valence-electron chi connectivity index (χ2n) is 4.77. The summed E-state index contributed by atoms with van der Waals surface area (Å²) in [7, 11) is 2.07. The van der Waals surface area contributed by atoms with Gasteiger partial charge in [-0.15, -0.1) is 0 Å². The highest BCUT2D eigenvalue weighted by Crippen LogP contribution is 2.46. The van der Waals surface area contributed by atoms with E-state index in [4.69, 9.17) is 5.26 Å². The third kappa shape index (κ3) is 1.72. The van der Waals surface area contributed by atoms with Crippen LogP contribution in [0, 0.1) is 16.7 Å². The first-order chi connectivity index (χ1) is 7.09. The summed E-state index contributed by atoms with van der Waals surface area (Å²) in [5.41, 5.74) is -0.643. The molecule has 0 aromatic carbocycles. The van der Waals surface area contributed by atoms with Crippen molar-refractivity contribution < 1.29 is 4.79 Å². The maximum Gasteiger partial charge on any atom is 0.243 e. The van der Waals surface area contributed by atoms with Crippen molar-refractivity contribution in [3.8, 4) is 6.07 Å². The Morgan fingerprint density at radius 1 is 1.47 bits per heavy atom. The van der Waals surface area contributed by atoms with Gasteiger partial charge in [-0.3, -0.25) is 4.79 Å². The molecule has 0 aromatic heterocycles. The quantitative estimate of drug-likeness (QED) is 0.627. The van der Waals surface area contributed by atoms with Crippen LogP contribution in [-0.2, 0) is 4.79 Å². The number of carbonyl (C=O) groups excluding carboxylic acids is 1. The number of likely N-dealkylation sites (N-methyl/N-ethyl adjacent to an activating group) is 1. The van der Waals surface area contributed by atoms with Gasteiger partial charge < -0.3 is 9.80 Å². The van der Waals surface area contributed by atoms with E-state index in [0.29, 0.717) is 6.04 Å². The molecule has 15 heavy (non-hydrogen) atoms. The van der Waals surface area contributed by atoms with Gasteiger partial charge in [0.25, 0.3) is 0 Å². The number of rotatable bonds is 1. The Morgan fingerprint density at radius 3 is 2.60 bits per heavy atom. The summed E-state index contributed by atoms with van der Waals surface area (Å²) in [4.78, 5) is 16.2. The fraction of sp³-hybridized carbons (Fsp3) is 0.818. The maximum atomic E-state index is 12.1. The lowest BCUT2D eigenvalue weighted by Crippen LogP contribution is -2.53. The van der Waals surface area contributed by atoms with Crippen LogP contribution in [0.2, 0.25) is 0 Å². The van der Waals surface area contributed by atoms with E-state index in [0.717, 1.165) is 32.5 Å². The van der Waals surface area contributed by atoms with Crippen molar-refractivity contribution in [2.45, 2.75) is 25.8 Å². The Bertz CT molecular complexity index is 316. The molecule has 1 aliphatic carbocycles. The van der Waals surface area contributed by atoms with Gasteiger partial charge in [0.15, 0.2) is 0 Å². The van der Waals surface area contributed by atoms with E-state index in [1.165, 1.54) is 0 Å². The van der Waals surface area contributed by atoms with E-state index in [1.807, 2.05) is 4.90 Å². The molecule has 0 unspecified atom stereocenters. The average Bonchev–Trinajstić information content (AvgIpc) is 3.02. The zero-order valence-corrected chi connectivity index (χ0v) is 9.36. The number of carbonyl (C=O) groups is 1. The molecule has 1 amide bonds. The molecular formula is C11H17N3O. The molecule has 0 bridgehead atoms. The molecule has 2 rings (SSSR count). The van der Waals surface area contributed by atoms with Crippen LogP contribution in [-0.4, -0.2) is 48.4 Å². The minimum absolute atomic E-state index is 0.0601. The largest absolute Gasteiger partial charge is 0.338 e. The highest BCUT2D eigenvalue weighted by molar-refractivity contribution is 5.88. The van der Waals surface area contributed by atoms with Crippen molar-refractivity contribution in [3.63, 3.8) is 0 Å². The van der Waals surface area contributed by atoms with Gasteiger partial charge in [0.05, 0.1) is 6.07 Å². The summed E-state index contributed by atoms with van der Waals surface area (Å²) in [6.45, 7) is 4.56. The lowest BCUT2D eigenvalue weighted by molar-refractivity contribution is -0.137. The third-order valence-electron chi connectivity index (χ3n) is 3.62. The minimum Gasteiger partial charge on any atom is -0.338 e. The van der Waals surface area contributed by atoms with Gasteiger partial charge in [0, 0.05) is 25.7 Å². The molecule has 82 valence electrons.